The quantitative estimate of drug-likeness (QED) is 0.671. The van der Waals surface area contributed by atoms with Gasteiger partial charge in [-0.05, 0) is 62.4 Å². The van der Waals surface area contributed by atoms with Crippen LogP contribution in [0.2, 0.25) is 5.02 Å². The monoisotopic (exact) mass is 394 g/mol. The summed E-state index contributed by atoms with van der Waals surface area (Å²) in [7, 11) is 1.81. The van der Waals surface area contributed by atoms with E-state index in [9.17, 15) is 4.79 Å². The molecule has 1 N–H and O–H groups in total. The number of allylic oxidation sites excluding steroid dienone is 1. The highest BCUT2D eigenvalue weighted by Crippen LogP contribution is 2.28. The first-order valence-corrected chi connectivity index (χ1v) is 10.1. The number of hydrogen-bond acceptors (Lipinski definition) is 4. The number of carbonyl (C=O) groups excluding carboxylic acids is 1. The Kier molecular flexibility index (Phi) is 9.11. The third kappa shape index (κ3) is 7.17. The van der Waals surface area contributed by atoms with E-state index >= 15 is 0 Å². The number of likely N-dealkylation sites (N-methyl/N-ethyl adjacent to an activating group) is 1. The number of ether oxygens (including phenoxy) is 1. The smallest absolute Gasteiger partial charge is 0.410 e. The van der Waals surface area contributed by atoms with Crippen LogP contribution in [0.4, 0.5) is 4.79 Å². The zero-order valence-corrected chi connectivity index (χ0v) is 17.1. The highest BCUT2D eigenvalue weighted by atomic mass is 35.5. The van der Waals surface area contributed by atoms with Gasteiger partial charge >= 0.3 is 6.09 Å². The highest BCUT2D eigenvalue weighted by molar-refractivity contribution is 6.30. The first-order valence-electron chi connectivity index (χ1n) is 9.73. The lowest BCUT2D eigenvalue weighted by Crippen LogP contribution is -2.40. The maximum atomic E-state index is 12.4. The maximum absolute atomic E-state index is 12.4. The number of carbonyl (C=O) groups is 1. The number of aliphatic hydroxyl groups excluding tert-OH is 1. The van der Waals surface area contributed by atoms with Crippen LogP contribution in [0.3, 0.4) is 0 Å². The molecule has 6 heteroatoms. The van der Waals surface area contributed by atoms with Crippen LogP contribution in [-0.4, -0.2) is 60.3 Å². The third-order valence-corrected chi connectivity index (χ3v) is 5.48. The zero-order valence-electron chi connectivity index (χ0n) is 16.3. The third-order valence-electron chi connectivity index (χ3n) is 5.23. The molecule has 1 saturated carbocycles. The van der Waals surface area contributed by atoms with Gasteiger partial charge in [0.1, 0.15) is 5.75 Å². The zero-order chi connectivity index (χ0) is 19.6. The van der Waals surface area contributed by atoms with Gasteiger partial charge in [0, 0.05) is 31.2 Å². The minimum atomic E-state index is -0.320. The fourth-order valence-electron chi connectivity index (χ4n) is 3.43. The topological polar surface area (TPSA) is 53.0 Å². The van der Waals surface area contributed by atoms with Gasteiger partial charge in [-0.15, -0.1) is 0 Å². The van der Waals surface area contributed by atoms with E-state index in [1.54, 1.807) is 29.2 Å². The molecule has 1 aliphatic carbocycles. The number of rotatable bonds is 8. The second kappa shape index (κ2) is 11.3. The van der Waals surface area contributed by atoms with Crippen molar-refractivity contribution in [2.75, 3.05) is 33.3 Å². The Bertz CT molecular complexity index is 598. The molecule has 0 spiro atoms. The van der Waals surface area contributed by atoms with Crippen LogP contribution in [0.25, 0.3) is 0 Å². The number of aliphatic hydroxyl groups is 1. The van der Waals surface area contributed by atoms with Crippen LogP contribution in [0.15, 0.2) is 36.4 Å². The van der Waals surface area contributed by atoms with Gasteiger partial charge in [-0.3, -0.25) is 4.90 Å². The molecule has 0 saturated heterocycles. The predicted molar refractivity (Wildman–Crippen MR) is 109 cm³/mol. The molecule has 2 rings (SSSR count). The van der Waals surface area contributed by atoms with Crippen molar-refractivity contribution < 1.29 is 14.6 Å². The highest BCUT2D eigenvalue weighted by Gasteiger charge is 2.26. The SMILES string of the molecule is CCN(C/C=C/[C@H]1CC[C@H](N(C)C(=O)Oc2ccc(Cl)cc2)CC1)CCO. The number of amides is 1. The number of hydrogen-bond donors (Lipinski definition) is 1. The summed E-state index contributed by atoms with van der Waals surface area (Å²) in [4.78, 5) is 16.3. The number of nitrogens with zero attached hydrogens (tertiary/aromatic N) is 2. The Labute approximate surface area is 167 Å². The van der Waals surface area contributed by atoms with Crippen LogP contribution in [0, 0.1) is 5.92 Å². The van der Waals surface area contributed by atoms with Crippen molar-refractivity contribution >= 4 is 17.7 Å². The lowest BCUT2D eigenvalue weighted by molar-refractivity contribution is 0.128. The van der Waals surface area contributed by atoms with Crippen LogP contribution < -0.4 is 4.74 Å². The van der Waals surface area contributed by atoms with E-state index in [0.29, 0.717) is 23.2 Å². The summed E-state index contributed by atoms with van der Waals surface area (Å²) >= 11 is 5.85. The van der Waals surface area contributed by atoms with Crippen molar-refractivity contribution in [3.63, 3.8) is 0 Å². The van der Waals surface area contributed by atoms with Gasteiger partial charge in [-0.2, -0.15) is 0 Å². The average molecular weight is 395 g/mol. The van der Waals surface area contributed by atoms with Crippen LogP contribution in [0.1, 0.15) is 32.6 Å². The van der Waals surface area contributed by atoms with Gasteiger partial charge in [0.25, 0.3) is 0 Å². The number of halogens is 1. The van der Waals surface area contributed by atoms with Gasteiger partial charge in [0.15, 0.2) is 0 Å². The molecular formula is C21H31ClN2O3. The van der Waals surface area contributed by atoms with Crippen LogP contribution in [-0.2, 0) is 0 Å². The molecule has 0 bridgehead atoms. The molecule has 5 nitrogen and oxygen atoms in total. The second-order valence-corrected chi connectivity index (χ2v) is 7.48. The van der Waals surface area contributed by atoms with Gasteiger partial charge in [0.05, 0.1) is 6.61 Å². The molecule has 0 aliphatic heterocycles. The van der Waals surface area contributed by atoms with E-state index in [1.165, 1.54) is 0 Å². The van der Waals surface area contributed by atoms with E-state index in [2.05, 4.69) is 24.0 Å². The lowest BCUT2D eigenvalue weighted by atomic mass is 9.85. The normalized spacial score (nSPS) is 20.2. The standard InChI is InChI=1S/C21H31ClN2O3/c1-3-24(15-16-25)14-4-5-17-6-10-19(11-7-17)23(2)21(26)27-20-12-8-18(22)9-13-20/h4-5,8-9,12-13,17,19,25H,3,6-7,10-11,14-16H2,1-2H3/b5-4+/t17-,19-. The predicted octanol–water partition coefficient (Wildman–Crippen LogP) is 4.20. The fraction of sp³-hybridized carbons (Fsp3) is 0.571. The van der Waals surface area contributed by atoms with E-state index < -0.39 is 0 Å². The van der Waals surface area contributed by atoms with Crippen molar-refractivity contribution in [2.24, 2.45) is 5.92 Å². The number of benzene rings is 1. The van der Waals surface area contributed by atoms with E-state index in [-0.39, 0.29) is 18.7 Å². The molecule has 27 heavy (non-hydrogen) atoms. The summed E-state index contributed by atoms with van der Waals surface area (Å²) in [6.07, 6.45) is 8.30. The summed E-state index contributed by atoms with van der Waals surface area (Å²) in [5, 5.41) is 9.65. The first-order chi connectivity index (χ1) is 13.0. The van der Waals surface area contributed by atoms with Crippen molar-refractivity contribution in [1.82, 2.24) is 9.80 Å². The first kappa shape index (κ1) is 21.7. The molecule has 0 unspecified atom stereocenters. The molecular weight excluding hydrogens is 364 g/mol. The molecule has 0 atom stereocenters. The fourth-order valence-corrected chi connectivity index (χ4v) is 3.55. The summed E-state index contributed by atoms with van der Waals surface area (Å²) in [6.45, 7) is 4.84. The van der Waals surface area contributed by atoms with Crippen molar-refractivity contribution in [1.29, 1.82) is 0 Å². The summed E-state index contributed by atoms with van der Waals surface area (Å²) in [6, 6.07) is 7.04. The Hall–Kier alpha value is -1.56. The Morgan fingerprint density at radius 1 is 1.26 bits per heavy atom. The largest absolute Gasteiger partial charge is 0.415 e. The summed E-state index contributed by atoms with van der Waals surface area (Å²) in [5.74, 6) is 1.07. The maximum Gasteiger partial charge on any atom is 0.415 e. The minimum absolute atomic E-state index is 0.200. The van der Waals surface area contributed by atoms with Gasteiger partial charge in [0.2, 0.25) is 0 Å². The molecule has 1 fully saturated rings. The molecule has 0 heterocycles. The van der Waals surface area contributed by atoms with Gasteiger partial charge < -0.3 is 14.7 Å². The van der Waals surface area contributed by atoms with Gasteiger partial charge in [-0.25, -0.2) is 4.79 Å². The molecule has 1 aliphatic rings. The Balaban J connectivity index is 1.75. The van der Waals surface area contributed by atoms with E-state index in [0.717, 1.165) is 38.8 Å². The van der Waals surface area contributed by atoms with Crippen LogP contribution >= 0.6 is 11.6 Å². The van der Waals surface area contributed by atoms with E-state index in [1.807, 2.05) is 7.05 Å². The average Bonchev–Trinajstić information content (AvgIpc) is 2.69. The summed E-state index contributed by atoms with van der Waals surface area (Å²) in [5.41, 5.74) is 0. The van der Waals surface area contributed by atoms with Crippen molar-refractivity contribution in [3.8, 4) is 5.75 Å². The lowest BCUT2D eigenvalue weighted by Gasteiger charge is -2.33. The van der Waals surface area contributed by atoms with Crippen molar-refractivity contribution in [2.45, 2.75) is 38.6 Å². The Morgan fingerprint density at radius 3 is 2.52 bits per heavy atom. The Morgan fingerprint density at radius 2 is 1.93 bits per heavy atom. The molecule has 1 amide bonds. The second-order valence-electron chi connectivity index (χ2n) is 7.05. The minimum Gasteiger partial charge on any atom is -0.410 e. The van der Waals surface area contributed by atoms with E-state index in [4.69, 9.17) is 21.4 Å². The van der Waals surface area contributed by atoms with Crippen LogP contribution in [0.5, 0.6) is 5.75 Å². The molecule has 150 valence electrons. The molecule has 1 aromatic carbocycles. The summed E-state index contributed by atoms with van der Waals surface area (Å²) < 4.78 is 5.43. The molecule has 1 aromatic rings. The van der Waals surface area contributed by atoms with Crippen molar-refractivity contribution in [3.05, 3.63) is 41.4 Å². The molecule has 0 radical (unpaired) electrons. The van der Waals surface area contributed by atoms with Gasteiger partial charge in [-0.1, -0.05) is 30.7 Å². The molecule has 0 aromatic heterocycles.